The molecule has 0 N–H and O–H groups in total. The summed E-state index contributed by atoms with van der Waals surface area (Å²) in [6, 6.07) is 5.64. The van der Waals surface area contributed by atoms with Crippen LogP contribution in [0.15, 0.2) is 12.1 Å². The van der Waals surface area contributed by atoms with E-state index < -0.39 is 0 Å². The Balaban J connectivity index is 1.77. The molecule has 0 aliphatic heterocycles. The first-order chi connectivity index (χ1) is 23.2. The van der Waals surface area contributed by atoms with Crippen LogP contribution in [-0.2, 0) is 43.3 Å². The van der Waals surface area contributed by atoms with Crippen molar-refractivity contribution < 1.29 is 0 Å². The minimum Gasteiger partial charge on any atom is -0.0645 e. The van der Waals surface area contributed by atoms with Gasteiger partial charge in [-0.25, -0.2) is 0 Å². The second kappa shape index (κ2) is 12.3. The van der Waals surface area contributed by atoms with Gasteiger partial charge in [0.2, 0.25) is 0 Å². The summed E-state index contributed by atoms with van der Waals surface area (Å²) in [6.07, 6.45) is 15.1. The minimum absolute atomic E-state index is 0.187. The lowest BCUT2D eigenvalue weighted by molar-refractivity contribution is 0.322. The molecule has 0 bridgehead atoms. The fraction of sp³-hybridized carbons (Fsp3) is 0.750. The molecule has 0 aromatic heterocycles. The van der Waals surface area contributed by atoms with E-state index in [-0.39, 0.29) is 43.3 Å². The molecule has 2 aromatic carbocycles. The molecule has 2 aromatic rings. The van der Waals surface area contributed by atoms with Crippen molar-refractivity contribution in [3.8, 4) is 0 Å². The van der Waals surface area contributed by atoms with E-state index in [1.54, 1.807) is 55.1 Å². The first-order valence-corrected chi connectivity index (χ1v) is 23.6. The smallest absolute Gasteiger partial charge is 0.0144 e. The van der Waals surface area contributed by atoms with Gasteiger partial charge >= 0.3 is 0 Å². The van der Waals surface area contributed by atoms with Crippen LogP contribution >= 0.6 is 15.7 Å². The second-order valence-electron chi connectivity index (χ2n) is 20.5. The first kappa shape index (κ1) is 38.8. The third-order valence-corrected chi connectivity index (χ3v) is 19.3. The Morgan fingerprint density at radius 3 is 0.700 bits per heavy atom. The van der Waals surface area contributed by atoms with E-state index in [2.05, 4.69) is 123 Å². The summed E-state index contributed by atoms with van der Waals surface area (Å²) in [5.74, 6) is 0. The molecular formula is C48H74P2. The van der Waals surface area contributed by atoms with Gasteiger partial charge in [0.05, 0.1) is 0 Å². The Kier molecular flexibility index (Phi) is 9.52. The Bertz CT molecular complexity index is 1450. The molecule has 0 radical (unpaired) electrons. The third-order valence-electron chi connectivity index (χ3n) is 16.4. The number of fused-ring (bicyclic) bond motifs is 4. The monoisotopic (exact) mass is 713 g/mol. The van der Waals surface area contributed by atoms with E-state index in [0.29, 0.717) is 0 Å². The van der Waals surface area contributed by atoms with Crippen LogP contribution in [-0.4, -0.2) is 0 Å². The van der Waals surface area contributed by atoms with Gasteiger partial charge < -0.3 is 0 Å². The summed E-state index contributed by atoms with van der Waals surface area (Å²) in [6.45, 7) is 40.7. The zero-order valence-electron chi connectivity index (χ0n) is 35.5. The topological polar surface area (TPSA) is 0 Å². The summed E-state index contributed by atoms with van der Waals surface area (Å²) < 4.78 is 0. The molecule has 50 heavy (non-hydrogen) atoms. The summed E-state index contributed by atoms with van der Waals surface area (Å²) in [5.41, 5.74) is 15.9. The normalized spacial score (nSPS) is 24.7. The largest absolute Gasteiger partial charge is 0.0645 e. The molecule has 4 aliphatic rings. The van der Waals surface area contributed by atoms with E-state index >= 15 is 0 Å². The Morgan fingerprint density at radius 2 is 0.540 bits per heavy atom. The van der Waals surface area contributed by atoms with Gasteiger partial charge in [-0.05, 0) is 181 Å². The van der Waals surface area contributed by atoms with Gasteiger partial charge in [-0.1, -0.05) is 123 Å². The highest BCUT2D eigenvalue weighted by molar-refractivity contribution is 7.91. The average molecular weight is 713 g/mol. The summed E-state index contributed by atoms with van der Waals surface area (Å²) in [7, 11) is 3.06. The van der Waals surface area contributed by atoms with Gasteiger partial charge in [-0.2, -0.15) is 0 Å². The van der Waals surface area contributed by atoms with Crippen molar-refractivity contribution in [1.29, 1.82) is 0 Å². The van der Waals surface area contributed by atoms with Crippen LogP contribution < -0.4 is 10.6 Å². The molecule has 0 saturated carbocycles. The Hall–Kier alpha value is -0.960. The van der Waals surface area contributed by atoms with E-state index in [0.717, 1.165) is 0 Å². The van der Waals surface area contributed by atoms with E-state index in [1.165, 1.54) is 92.8 Å². The predicted molar refractivity (Wildman–Crippen MR) is 226 cm³/mol. The second-order valence-corrected chi connectivity index (χ2v) is 23.0. The molecule has 0 saturated heterocycles. The van der Waals surface area contributed by atoms with Crippen molar-refractivity contribution in [2.75, 3.05) is 0 Å². The van der Waals surface area contributed by atoms with E-state index in [4.69, 9.17) is 0 Å². The molecule has 0 atom stereocenters. The van der Waals surface area contributed by atoms with Crippen molar-refractivity contribution in [2.24, 2.45) is 0 Å². The van der Waals surface area contributed by atoms with Crippen LogP contribution in [0.2, 0.25) is 0 Å². The number of hydrogen-bond acceptors (Lipinski definition) is 0. The lowest BCUT2D eigenvalue weighted by atomic mass is 9.72. The fourth-order valence-electron chi connectivity index (χ4n) is 13.7. The van der Waals surface area contributed by atoms with Gasteiger partial charge in [-0.15, -0.1) is 0 Å². The Labute approximate surface area is 313 Å². The lowest BCUT2D eigenvalue weighted by Gasteiger charge is -2.32. The molecule has 0 unspecified atom stereocenters. The minimum atomic E-state index is 0.187. The quantitative estimate of drug-likeness (QED) is 0.215. The van der Waals surface area contributed by atoms with Crippen molar-refractivity contribution >= 4 is 26.3 Å². The highest BCUT2D eigenvalue weighted by atomic mass is 31.7. The van der Waals surface area contributed by atoms with Crippen LogP contribution in [0.5, 0.6) is 0 Å². The predicted octanol–water partition coefficient (Wildman–Crippen LogP) is 14.4. The van der Waals surface area contributed by atoms with Gasteiger partial charge in [0.25, 0.3) is 0 Å². The molecular weight excluding hydrogens is 638 g/mol. The van der Waals surface area contributed by atoms with Crippen LogP contribution in [0.3, 0.4) is 0 Å². The molecule has 6 rings (SSSR count). The van der Waals surface area contributed by atoms with Crippen molar-refractivity contribution in [3.63, 3.8) is 0 Å². The molecule has 0 heterocycles. The molecule has 0 nitrogen and oxygen atoms in total. The van der Waals surface area contributed by atoms with E-state index in [9.17, 15) is 0 Å². The zero-order valence-corrected chi connectivity index (χ0v) is 37.3. The number of benzene rings is 2. The van der Waals surface area contributed by atoms with Crippen LogP contribution in [0.4, 0.5) is 0 Å². The molecule has 4 aliphatic carbocycles. The molecule has 0 amide bonds. The Morgan fingerprint density at radius 1 is 0.360 bits per heavy atom. The van der Waals surface area contributed by atoms with Crippen molar-refractivity contribution in [3.05, 3.63) is 56.6 Å². The van der Waals surface area contributed by atoms with Gasteiger partial charge in [0, 0.05) is 10.6 Å². The SMILES string of the molecule is CCC1(CC)CC(C)(C)c2c1cc1c(c2P=Pc2c3c(cc4c2C(C)(C)CC4(CC)CC)C(CC)(CC)CC3(C)C)C(C)(C)CC1(CC)CC. The standard InChI is InChI=1S/C48H74P2/c1-17-45(18-2)27-41(9,10)35-31(45)25-32-36(42(11,12)28-46(32,19-3)20-4)39(35)49-50-40-37-33(47(21-5,22-6)29-43(37,13)14)26-34-38(40)44(15,16)30-48(34,23-7)24-8/h25-26H,17-24,27-30H2,1-16H3. The van der Waals surface area contributed by atoms with Gasteiger partial charge in [0.1, 0.15) is 0 Å². The van der Waals surface area contributed by atoms with Crippen LogP contribution in [0, 0.1) is 0 Å². The zero-order chi connectivity index (χ0) is 37.1. The van der Waals surface area contributed by atoms with Crippen LogP contribution in [0.25, 0.3) is 0 Å². The van der Waals surface area contributed by atoms with Crippen molar-refractivity contribution in [2.45, 2.75) is 231 Å². The maximum Gasteiger partial charge on any atom is 0.0144 e. The lowest BCUT2D eigenvalue weighted by Crippen LogP contribution is -2.28. The third kappa shape index (κ3) is 5.08. The number of rotatable bonds is 10. The van der Waals surface area contributed by atoms with Crippen LogP contribution in [0.1, 0.15) is 232 Å². The van der Waals surface area contributed by atoms with Crippen molar-refractivity contribution in [1.82, 2.24) is 0 Å². The molecule has 276 valence electrons. The van der Waals surface area contributed by atoms with Gasteiger partial charge in [-0.3, -0.25) is 0 Å². The summed E-state index contributed by atoms with van der Waals surface area (Å²) >= 11 is 0. The molecule has 2 heteroatoms. The fourth-order valence-corrected chi connectivity index (χ4v) is 17.8. The molecule has 0 fully saturated rings. The summed E-state index contributed by atoms with van der Waals surface area (Å²) in [5, 5.41) is 3.49. The van der Waals surface area contributed by atoms with Gasteiger partial charge in [0.15, 0.2) is 0 Å². The maximum absolute atomic E-state index is 2.82. The maximum atomic E-state index is 2.82. The average Bonchev–Trinajstić information content (AvgIpc) is 3.66. The molecule has 0 spiro atoms. The van der Waals surface area contributed by atoms with E-state index in [1.807, 2.05) is 0 Å². The summed E-state index contributed by atoms with van der Waals surface area (Å²) in [4.78, 5) is 0. The number of hydrogen-bond donors (Lipinski definition) is 0. The first-order valence-electron chi connectivity index (χ1n) is 21.1. The highest BCUT2D eigenvalue weighted by Crippen LogP contribution is 2.62. The highest BCUT2D eigenvalue weighted by Gasteiger charge is 2.55.